The third-order valence-corrected chi connectivity index (χ3v) is 8.17. The topological polar surface area (TPSA) is 76.1 Å². The number of rotatable bonds is 5. The van der Waals surface area contributed by atoms with E-state index in [-0.39, 0.29) is 11.8 Å². The molecule has 1 atom stereocenters. The summed E-state index contributed by atoms with van der Waals surface area (Å²) < 4.78 is 27.3. The molecule has 2 heterocycles. The Balaban J connectivity index is 1.76. The largest absolute Gasteiger partial charge is 0.490 e. The van der Waals surface area contributed by atoms with E-state index >= 15 is 4.39 Å². The van der Waals surface area contributed by atoms with Crippen LogP contribution in [0.1, 0.15) is 86.8 Å². The number of carbonyl (C=O) groups excluding carboxylic acids is 1. The van der Waals surface area contributed by atoms with Crippen molar-refractivity contribution < 1.29 is 28.6 Å². The van der Waals surface area contributed by atoms with Gasteiger partial charge in [0.25, 0.3) is 0 Å². The number of amides is 1. The molecule has 6 nitrogen and oxygen atoms in total. The van der Waals surface area contributed by atoms with E-state index in [2.05, 4.69) is 0 Å². The molecule has 0 spiro atoms. The summed E-state index contributed by atoms with van der Waals surface area (Å²) in [7, 11) is 0. The molecule has 0 bridgehead atoms. The van der Waals surface area contributed by atoms with Crippen LogP contribution in [0.25, 0.3) is 11.1 Å². The molecular weight excluding hydrogens is 485 g/mol. The van der Waals surface area contributed by atoms with Crippen molar-refractivity contribution in [1.29, 1.82) is 0 Å². The van der Waals surface area contributed by atoms with E-state index in [1.165, 1.54) is 6.07 Å². The fourth-order valence-electron chi connectivity index (χ4n) is 6.47. The molecule has 38 heavy (non-hydrogen) atoms. The number of nitrogens with zero attached hydrogens (tertiary/aromatic N) is 1. The van der Waals surface area contributed by atoms with Gasteiger partial charge in [-0.15, -0.1) is 0 Å². The maximum atomic E-state index is 15.5. The lowest BCUT2D eigenvalue weighted by Crippen LogP contribution is -2.34. The summed E-state index contributed by atoms with van der Waals surface area (Å²) >= 11 is 0. The van der Waals surface area contributed by atoms with Gasteiger partial charge in [0, 0.05) is 29.3 Å². The molecule has 0 saturated heterocycles. The number of aliphatic carboxylic acids is 1. The molecule has 1 N–H and O–H groups in total. The Labute approximate surface area is 224 Å². The van der Waals surface area contributed by atoms with Gasteiger partial charge >= 0.3 is 5.97 Å². The minimum atomic E-state index is -1.25. The fourth-order valence-corrected chi connectivity index (χ4v) is 6.47. The molecule has 7 heteroatoms. The summed E-state index contributed by atoms with van der Waals surface area (Å²) in [4.78, 5) is 28.1. The summed E-state index contributed by atoms with van der Waals surface area (Å²) in [5.41, 5.74) is 5.27. The van der Waals surface area contributed by atoms with Gasteiger partial charge < -0.3 is 19.5 Å². The quantitative estimate of drug-likeness (QED) is 0.487. The summed E-state index contributed by atoms with van der Waals surface area (Å²) in [5.74, 6) is -1.08. The molecule has 204 valence electrons. The molecule has 1 amide bonds. The Morgan fingerprint density at radius 2 is 1.82 bits per heavy atom. The van der Waals surface area contributed by atoms with E-state index in [9.17, 15) is 14.7 Å². The number of hydrogen-bond donors (Lipinski definition) is 1. The van der Waals surface area contributed by atoms with Crippen LogP contribution in [0.4, 0.5) is 10.1 Å². The van der Waals surface area contributed by atoms with Crippen LogP contribution in [-0.2, 0) is 27.2 Å². The first kappa shape index (κ1) is 26.7. The molecule has 1 saturated carbocycles. The molecule has 0 aromatic heterocycles. The molecule has 0 unspecified atom stereocenters. The van der Waals surface area contributed by atoms with Crippen LogP contribution in [0.3, 0.4) is 0 Å². The van der Waals surface area contributed by atoms with E-state index in [1.807, 2.05) is 45.6 Å². The Kier molecular flexibility index (Phi) is 7.01. The summed E-state index contributed by atoms with van der Waals surface area (Å²) in [6.07, 6.45) is 4.78. The Morgan fingerprint density at radius 3 is 2.47 bits per heavy atom. The first-order valence-corrected chi connectivity index (χ1v) is 13.8. The molecule has 1 fully saturated rings. The highest BCUT2D eigenvalue weighted by Gasteiger charge is 2.38. The van der Waals surface area contributed by atoms with Crippen molar-refractivity contribution >= 4 is 17.6 Å². The second-order valence-electron chi connectivity index (χ2n) is 11.9. The van der Waals surface area contributed by atoms with Crippen LogP contribution in [0, 0.1) is 25.6 Å². The first-order chi connectivity index (χ1) is 18.0. The summed E-state index contributed by atoms with van der Waals surface area (Å²) in [6, 6.07) is 3.42. The third kappa shape index (κ3) is 4.70. The smallest absolute Gasteiger partial charge is 0.337 e. The van der Waals surface area contributed by atoms with Crippen molar-refractivity contribution in [3.63, 3.8) is 0 Å². The lowest BCUT2D eigenvalue weighted by atomic mass is 9.83. The number of halogens is 1. The monoisotopic (exact) mass is 523 g/mol. The van der Waals surface area contributed by atoms with Gasteiger partial charge in [-0.1, -0.05) is 12.8 Å². The first-order valence-electron chi connectivity index (χ1n) is 13.8. The van der Waals surface area contributed by atoms with Gasteiger partial charge in [-0.05, 0) is 107 Å². The number of hydrogen-bond acceptors (Lipinski definition) is 4. The average Bonchev–Trinajstić information content (AvgIpc) is 3.54. The lowest BCUT2D eigenvalue weighted by molar-refractivity contribution is -0.160. The predicted octanol–water partition coefficient (Wildman–Crippen LogP) is 6.45. The van der Waals surface area contributed by atoms with Gasteiger partial charge in [0.05, 0.1) is 12.2 Å². The molecule has 2 aromatic carbocycles. The molecule has 2 aliphatic heterocycles. The van der Waals surface area contributed by atoms with Crippen LogP contribution < -0.4 is 9.64 Å². The third-order valence-electron chi connectivity index (χ3n) is 8.17. The van der Waals surface area contributed by atoms with Crippen molar-refractivity contribution in [2.45, 2.75) is 91.3 Å². The summed E-state index contributed by atoms with van der Waals surface area (Å²) in [5, 5.41) is 10.4. The maximum Gasteiger partial charge on any atom is 0.337 e. The number of ether oxygens (including phenoxy) is 2. The highest BCUT2D eigenvalue weighted by Crippen LogP contribution is 2.48. The second-order valence-corrected chi connectivity index (χ2v) is 11.9. The normalized spacial score (nSPS) is 18.2. The lowest BCUT2D eigenvalue weighted by Gasteiger charge is -2.30. The van der Waals surface area contributed by atoms with Gasteiger partial charge in [0.15, 0.2) is 17.7 Å². The predicted molar refractivity (Wildman–Crippen MR) is 144 cm³/mol. The zero-order chi connectivity index (χ0) is 27.4. The van der Waals surface area contributed by atoms with Crippen LogP contribution in [0.15, 0.2) is 12.1 Å². The van der Waals surface area contributed by atoms with Crippen molar-refractivity contribution in [3.05, 3.63) is 45.8 Å². The van der Waals surface area contributed by atoms with Crippen LogP contribution in [-0.4, -0.2) is 35.7 Å². The van der Waals surface area contributed by atoms with Crippen LogP contribution in [0.2, 0.25) is 0 Å². The Hall–Kier alpha value is -2.93. The number of carbonyl (C=O) groups is 2. The number of carboxylic acids is 1. The number of benzene rings is 2. The van der Waals surface area contributed by atoms with E-state index in [4.69, 9.17) is 9.47 Å². The zero-order valence-electron chi connectivity index (χ0n) is 23.1. The zero-order valence-corrected chi connectivity index (χ0v) is 23.1. The Bertz CT molecular complexity index is 1290. The highest BCUT2D eigenvalue weighted by atomic mass is 19.1. The molecule has 2 aromatic rings. The summed E-state index contributed by atoms with van der Waals surface area (Å²) in [6.45, 7) is 10.3. The van der Waals surface area contributed by atoms with Gasteiger partial charge in [0.2, 0.25) is 5.91 Å². The van der Waals surface area contributed by atoms with Crippen molar-refractivity contribution in [3.8, 4) is 16.9 Å². The van der Waals surface area contributed by atoms with Crippen molar-refractivity contribution in [1.82, 2.24) is 0 Å². The highest BCUT2D eigenvalue weighted by molar-refractivity contribution is 6.00. The average molecular weight is 524 g/mol. The van der Waals surface area contributed by atoms with Gasteiger partial charge in [0.1, 0.15) is 0 Å². The van der Waals surface area contributed by atoms with E-state index < -0.39 is 23.5 Å². The SMILES string of the molecule is Cc1cc2c(c(-c3cc(F)c4c(c3C)CCCO4)c1[C@H](OC(C)(C)C)C(=O)O)CCN2C(=O)C1CCCC1. The molecular formula is C31H38FNO5. The number of fused-ring (bicyclic) bond motifs is 2. The fraction of sp³-hybridized carbons (Fsp3) is 0.548. The second kappa shape index (κ2) is 9.99. The van der Waals surface area contributed by atoms with Gasteiger partial charge in [-0.3, -0.25) is 4.79 Å². The van der Waals surface area contributed by atoms with E-state index in [0.717, 1.165) is 60.0 Å². The maximum absolute atomic E-state index is 15.5. The number of carboxylic acid groups (broad SMARTS) is 1. The van der Waals surface area contributed by atoms with E-state index in [0.29, 0.717) is 48.4 Å². The van der Waals surface area contributed by atoms with Crippen LogP contribution in [0.5, 0.6) is 5.75 Å². The number of aryl methyl sites for hydroxylation is 1. The minimum Gasteiger partial charge on any atom is -0.490 e. The van der Waals surface area contributed by atoms with Crippen molar-refractivity contribution in [2.75, 3.05) is 18.1 Å². The molecule has 1 aliphatic carbocycles. The van der Waals surface area contributed by atoms with Crippen molar-refractivity contribution in [2.24, 2.45) is 5.92 Å². The number of anilines is 1. The van der Waals surface area contributed by atoms with E-state index in [1.54, 1.807) is 0 Å². The molecule has 0 radical (unpaired) electrons. The standard InChI is InChI=1S/C31H38FNO5/c1-17-15-24-21(12-13-33(24)29(34)19-9-6-7-10-19)26(25(17)28(30(35)36)38-31(3,4)5)22-16-23(32)27-20(18(22)2)11-8-14-37-27/h15-16,19,28H,6-14H2,1-5H3,(H,35,36)/t28-/m0/s1. The van der Waals surface area contributed by atoms with Crippen LogP contribution >= 0.6 is 0 Å². The molecule has 5 rings (SSSR count). The molecule has 3 aliphatic rings. The van der Waals surface area contributed by atoms with Gasteiger partial charge in [-0.25, -0.2) is 9.18 Å². The minimum absolute atomic E-state index is 0.0282. The van der Waals surface area contributed by atoms with Gasteiger partial charge in [-0.2, -0.15) is 0 Å². The Morgan fingerprint density at radius 1 is 1.11 bits per heavy atom.